The third kappa shape index (κ3) is 3.61. The molecule has 2 heterocycles. The van der Waals surface area contributed by atoms with Gasteiger partial charge in [-0.25, -0.2) is 0 Å². The van der Waals surface area contributed by atoms with Crippen LogP contribution in [0.15, 0.2) is 28.9 Å². The molecule has 0 aliphatic heterocycles. The summed E-state index contributed by atoms with van der Waals surface area (Å²) in [6, 6.07) is 3.94. The lowest BCUT2D eigenvalue weighted by Gasteiger charge is -2.12. The van der Waals surface area contributed by atoms with E-state index in [1.54, 1.807) is 6.07 Å². The van der Waals surface area contributed by atoms with Crippen molar-refractivity contribution in [3.8, 4) is 0 Å². The average molecular weight is 254 g/mol. The van der Waals surface area contributed by atoms with Crippen LogP contribution in [0.5, 0.6) is 0 Å². The number of nitrogens with one attached hydrogen (secondary N) is 1. The molecule has 0 radical (unpaired) electrons. The maximum atomic E-state index is 5.70. The van der Waals surface area contributed by atoms with E-state index in [0.717, 1.165) is 12.3 Å². The van der Waals surface area contributed by atoms with Crippen molar-refractivity contribution in [2.24, 2.45) is 0 Å². The van der Waals surface area contributed by atoms with Gasteiger partial charge in [-0.05, 0) is 43.1 Å². The van der Waals surface area contributed by atoms with Gasteiger partial charge < -0.3 is 9.73 Å². The molecule has 0 saturated heterocycles. The van der Waals surface area contributed by atoms with Gasteiger partial charge in [-0.2, -0.15) is 5.10 Å². The number of aromatic nitrogens is 2. The standard InChI is InChI=1S/C12H16ClN3O/c1-9-5-15-16(7-9)8-10(2)14-6-11-3-4-12(13)17-11/h3-5,7,10,14H,6,8H2,1-2H3. The fourth-order valence-electron chi connectivity index (χ4n) is 1.63. The molecule has 1 N–H and O–H groups in total. The van der Waals surface area contributed by atoms with Crippen molar-refractivity contribution in [1.82, 2.24) is 15.1 Å². The van der Waals surface area contributed by atoms with E-state index in [1.807, 2.05) is 30.1 Å². The number of halogens is 1. The predicted octanol–water partition coefficient (Wildman–Crippen LogP) is 2.62. The van der Waals surface area contributed by atoms with Crippen LogP contribution in [0.1, 0.15) is 18.2 Å². The first-order chi connectivity index (χ1) is 8.13. The molecule has 5 heteroatoms. The first kappa shape index (κ1) is 12.2. The molecule has 0 bridgehead atoms. The molecule has 1 unspecified atom stereocenters. The molecule has 0 aliphatic carbocycles. The lowest BCUT2D eigenvalue weighted by atomic mass is 10.3. The van der Waals surface area contributed by atoms with E-state index in [0.29, 0.717) is 17.8 Å². The zero-order valence-electron chi connectivity index (χ0n) is 9.98. The second-order valence-corrected chi connectivity index (χ2v) is 4.60. The highest BCUT2D eigenvalue weighted by Gasteiger charge is 2.05. The van der Waals surface area contributed by atoms with Crippen LogP contribution in [0.4, 0.5) is 0 Å². The first-order valence-electron chi connectivity index (χ1n) is 5.60. The zero-order chi connectivity index (χ0) is 12.3. The third-order valence-corrected chi connectivity index (χ3v) is 2.68. The minimum atomic E-state index is 0.318. The van der Waals surface area contributed by atoms with Gasteiger partial charge in [0.2, 0.25) is 0 Å². The molecule has 0 aromatic carbocycles. The SMILES string of the molecule is Cc1cnn(CC(C)NCc2ccc(Cl)o2)c1. The van der Waals surface area contributed by atoms with E-state index in [9.17, 15) is 0 Å². The normalized spacial score (nSPS) is 12.9. The summed E-state index contributed by atoms with van der Waals surface area (Å²) in [5.41, 5.74) is 1.18. The second-order valence-electron chi connectivity index (χ2n) is 4.23. The van der Waals surface area contributed by atoms with Crippen LogP contribution in [-0.2, 0) is 13.1 Å². The van der Waals surface area contributed by atoms with Crippen LogP contribution in [0, 0.1) is 6.92 Å². The van der Waals surface area contributed by atoms with Crippen molar-refractivity contribution in [3.63, 3.8) is 0 Å². The van der Waals surface area contributed by atoms with E-state index in [2.05, 4.69) is 17.3 Å². The van der Waals surface area contributed by atoms with Crippen molar-refractivity contribution in [1.29, 1.82) is 0 Å². The highest BCUT2D eigenvalue weighted by atomic mass is 35.5. The summed E-state index contributed by atoms with van der Waals surface area (Å²) < 4.78 is 7.20. The Morgan fingerprint density at radius 3 is 2.94 bits per heavy atom. The van der Waals surface area contributed by atoms with Crippen LogP contribution >= 0.6 is 11.6 Å². The number of nitrogens with zero attached hydrogens (tertiary/aromatic N) is 2. The van der Waals surface area contributed by atoms with Crippen LogP contribution in [0.3, 0.4) is 0 Å². The predicted molar refractivity (Wildman–Crippen MR) is 67.0 cm³/mol. The molecule has 92 valence electrons. The van der Waals surface area contributed by atoms with E-state index in [4.69, 9.17) is 16.0 Å². The largest absolute Gasteiger partial charge is 0.448 e. The molecule has 0 saturated carbocycles. The smallest absolute Gasteiger partial charge is 0.193 e. The Bertz CT molecular complexity index is 478. The van der Waals surface area contributed by atoms with Crippen molar-refractivity contribution >= 4 is 11.6 Å². The second kappa shape index (κ2) is 5.38. The summed E-state index contributed by atoms with van der Waals surface area (Å²) in [4.78, 5) is 0. The summed E-state index contributed by atoms with van der Waals surface area (Å²) in [6.07, 6.45) is 3.89. The van der Waals surface area contributed by atoms with E-state index in [1.165, 1.54) is 5.56 Å². The third-order valence-electron chi connectivity index (χ3n) is 2.48. The van der Waals surface area contributed by atoms with Gasteiger partial charge in [0.05, 0.1) is 19.3 Å². The Hall–Kier alpha value is -1.26. The van der Waals surface area contributed by atoms with Crippen LogP contribution in [-0.4, -0.2) is 15.8 Å². The number of hydrogen-bond acceptors (Lipinski definition) is 3. The summed E-state index contributed by atoms with van der Waals surface area (Å²) in [6.45, 7) is 5.66. The maximum absolute atomic E-state index is 5.70. The zero-order valence-corrected chi connectivity index (χ0v) is 10.7. The molecular weight excluding hydrogens is 238 g/mol. The molecule has 0 amide bonds. The monoisotopic (exact) mass is 253 g/mol. The Labute approximate surface area is 106 Å². The molecule has 0 fully saturated rings. The topological polar surface area (TPSA) is 43.0 Å². The Morgan fingerprint density at radius 2 is 2.35 bits per heavy atom. The van der Waals surface area contributed by atoms with Crippen LogP contribution in [0.25, 0.3) is 0 Å². The van der Waals surface area contributed by atoms with E-state index < -0.39 is 0 Å². The summed E-state index contributed by atoms with van der Waals surface area (Å²) >= 11 is 5.70. The number of furan rings is 1. The summed E-state index contributed by atoms with van der Waals surface area (Å²) in [5.74, 6) is 0.846. The fraction of sp³-hybridized carbons (Fsp3) is 0.417. The molecule has 2 aromatic rings. The summed E-state index contributed by atoms with van der Waals surface area (Å²) in [7, 11) is 0. The van der Waals surface area contributed by atoms with Gasteiger partial charge in [0.15, 0.2) is 5.22 Å². The van der Waals surface area contributed by atoms with Crippen LogP contribution < -0.4 is 5.32 Å². The van der Waals surface area contributed by atoms with Gasteiger partial charge in [-0.1, -0.05) is 0 Å². The lowest BCUT2D eigenvalue weighted by molar-refractivity contribution is 0.415. The molecule has 0 spiro atoms. The van der Waals surface area contributed by atoms with Crippen molar-refractivity contribution < 1.29 is 4.42 Å². The van der Waals surface area contributed by atoms with E-state index in [-0.39, 0.29) is 0 Å². The first-order valence-corrected chi connectivity index (χ1v) is 5.98. The number of hydrogen-bond donors (Lipinski definition) is 1. The molecule has 0 aliphatic rings. The number of rotatable bonds is 5. The van der Waals surface area contributed by atoms with Gasteiger partial charge in [0.25, 0.3) is 0 Å². The highest BCUT2D eigenvalue weighted by Crippen LogP contribution is 2.12. The van der Waals surface area contributed by atoms with Crippen molar-refractivity contribution in [3.05, 3.63) is 41.1 Å². The average Bonchev–Trinajstić information content (AvgIpc) is 2.85. The lowest BCUT2D eigenvalue weighted by Crippen LogP contribution is -2.29. The fourth-order valence-corrected chi connectivity index (χ4v) is 1.80. The Balaban J connectivity index is 1.79. The van der Waals surface area contributed by atoms with Crippen molar-refractivity contribution in [2.45, 2.75) is 33.0 Å². The summed E-state index contributed by atoms with van der Waals surface area (Å²) in [5, 5.41) is 8.03. The van der Waals surface area contributed by atoms with E-state index >= 15 is 0 Å². The number of aryl methyl sites for hydroxylation is 1. The highest BCUT2D eigenvalue weighted by molar-refractivity contribution is 6.28. The maximum Gasteiger partial charge on any atom is 0.193 e. The van der Waals surface area contributed by atoms with Crippen molar-refractivity contribution in [2.75, 3.05) is 0 Å². The van der Waals surface area contributed by atoms with Gasteiger partial charge in [0.1, 0.15) is 5.76 Å². The molecule has 17 heavy (non-hydrogen) atoms. The molecule has 2 rings (SSSR count). The quantitative estimate of drug-likeness (QED) is 0.891. The molecule has 4 nitrogen and oxygen atoms in total. The Kier molecular flexibility index (Phi) is 3.86. The van der Waals surface area contributed by atoms with Gasteiger partial charge in [-0.3, -0.25) is 4.68 Å². The minimum absolute atomic E-state index is 0.318. The van der Waals surface area contributed by atoms with Gasteiger partial charge in [0, 0.05) is 12.2 Å². The van der Waals surface area contributed by atoms with Gasteiger partial charge >= 0.3 is 0 Å². The Morgan fingerprint density at radius 1 is 1.53 bits per heavy atom. The van der Waals surface area contributed by atoms with Crippen LogP contribution in [0.2, 0.25) is 5.22 Å². The molecule has 2 aromatic heterocycles. The molecule has 1 atom stereocenters. The van der Waals surface area contributed by atoms with Gasteiger partial charge in [-0.15, -0.1) is 0 Å². The minimum Gasteiger partial charge on any atom is -0.448 e. The molecular formula is C12H16ClN3O.